The van der Waals surface area contributed by atoms with Crippen LogP contribution in [-0.4, -0.2) is 81.7 Å². The van der Waals surface area contributed by atoms with Crippen molar-refractivity contribution in [3.8, 4) is 0 Å². The minimum absolute atomic E-state index is 0.0209. The first-order chi connectivity index (χ1) is 33.2. The number of Topliss-reactive ketones (excluding diaryl/α,β-unsaturated/α-hetero) is 2. The molecule has 0 aromatic heterocycles. The lowest BCUT2D eigenvalue weighted by atomic mass is 9.95. The lowest BCUT2D eigenvalue weighted by Crippen LogP contribution is -2.40. The standard InChI is InChI=1S/C22H24FNO3.C21H20FNO4.C11H11FO3/c1-16(18-10-12-19(23)13-11-18)6-5-9-21(25)24-20(15-27-22(24)26)14-17-7-3-2-4-8-17;22-17-11-9-16(10-12-17)19(24)7-4-8-20(25)23-18(14-27-21(23)26)13-15-5-2-1-3-6-15;12-9-6-4-8(5-7-9)10(13)2-1-3-11(14)15/h2-4,7-8,10-13,16,20H,5-6,9,14-15H2,1H3;1-3,5-6,9-12,18H,4,7-8,13-14H2;4-7H,1-3H2,(H,14,15)/t16-,20-;18-;/m00./s1. The van der Waals surface area contributed by atoms with E-state index in [9.17, 15) is 46.7 Å². The number of nitrogens with zero attached hydrogens (tertiary/aromatic N) is 2. The van der Waals surface area contributed by atoms with Gasteiger partial charge in [-0.2, -0.15) is 0 Å². The molecule has 0 radical (unpaired) electrons. The maximum Gasteiger partial charge on any atom is 0.416 e. The number of hydrogen-bond donors (Lipinski definition) is 1. The Kier molecular flexibility index (Phi) is 20.4. The quantitative estimate of drug-likeness (QED) is 0.0788. The molecule has 0 unspecified atom stereocenters. The van der Waals surface area contributed by atoms with E-state index in [4.69, 9.17) is 14.6 Å². The lowest BCUT2D eigenvalue weighted by Gasteiger charge is -2.20. The number of carbonyl (C=O) groups excluding carboxylic acids is 6. The first kappa shape index (κ1) is 52.5. The molecule has 1 N–H and O–H groups in total. The van der Waals surface area contributed by atoms with E-state index < -0.39 is 29.8 Å². The Morgan fingerprint density at radius 3 is 1.32 bits per heavy atom. The van der Waals surface area contributed by atoms with Crippen LogP contribution in [0.3, 0.4) is 0 Å². The number of amides is 4. The maximum absolute atomic E-state index is 13.0. The average Bonchev–Trinajstić information content (AvgIpc) is 3.90. The van der Waals surface area contributed by atoms with Gasteiger partial charge in [-0.25, -0.2) is 32.6 Å². The van der Waals surface area contributed by atoms with Crippen LogP contribution in [0.2, 0.25) is 0 Å². The average molecular weight is 949 g/mol. The molecule has 0 bridgehead atoms. The van der Waals surface area contributed by atoms with Crippen molar-refractivity contribution < 1.29 is 61.3 Å². The monoisotopic (exact) mass is 948 g/mol. The lowest BCUT2D eigenvalue weighted by molar-refractivity contribution is -0.137. The van der Waals surface area contributed by atoms with Gasteiger partial charge in [0.15, 0.2) is 11.6 Å². The Morgan fingerprint density at radius 1 is 0.536 bits per heavy atom. The zero-order chi connectivity index (χ0) is 49.7. The van der Waals surface area contributed by atoms with E-state index in [0.29, 0.717) is 49.7 Å². The summed E-state index contributed by atoms with van der Waals surface area (Å²) in [5, 5.41) is 8.37. The Balaban J connectivity index is 0.000000202. The molecule has 2 saturated heterocycles. The van der Waals surface area contributed by atoms with Gasteiger partial charge >= 0.3 is 18.2 Å². The summed E-state index contributed by atoms with van der Waals surface area (Å²) in [5.74, 6) is -2.58. The fourth-order valence-corrected chi connectivity index (χ4v) is 7.72. The van der Waals surface area contributed by atoms with Gasteiger partial charge in [0.25, 0.3) is 0 Å². The van der Waals surface area contributed by atoms with Gasteiger partial charge in [-0.1, -0.05) is 79.7 Å². The van der Waals surface area contributed by atoms with E-state index in [1.54, 1.807) is 12.1 Å². The summed E-state index contributed by atoms with van der Waals surface area (Å²) in [4.78, 5) is 85.2. The third-order valence-electron chi connectivity index (χ3n) is 11.5. The largest absolute Gasteiger partial charge is 0.481 e. The highest BCUT2D eigenvalue weighted by atomic mass is 19.1. The molecule has 12 nitrogen and oxygen atoms in total. The molecule has 0 saturated carbocycles. The van der Waals surface area contributed by atoms with Crippen LogP contribution in [0.5, 0.6) is 0 Å². The molecule has 0 aliphatic carbocycles. The van der Waals surface area contributed by atoms with Crippen LogP contribution in [0.15, 0.2) is 133 Å². The maximum atomic E-state index is 13.0. The first-order valence-electron chi connectivity index (χ1n) is 22.8. The normalized spacial score (nSPS) is 15.4. The number of ether oxygens (including phenoxy) is 2. The van der Waals surface area contributed by atoms with Crippen LogP contribution >= 0.6 is 0 Å². The van der Waals surface area contributed by atoms with Gasteiger partial charge in [0, 0.05) is 43.2 Å². The fraction of sp³-hybridized carbons (Fsp3) is 0.315. The first-order valence-corrected chi connectivity index (χ1v) is 22.8. The Bertz CT molecular complexity index is 2490. The summed E-state index contributed by atoms with van der Waals surface area (Å²) in [6.45, 7) is 2.47. The van der Waals surface area contributed by atoms with Gasteiger partial charge < -0.3 is 14.6 Å². The van der Waals surface area contributed by atoms with Crippen molar-refractivity contribution in [3.05, 3.63) is 179 Å². The molecule has 2 aliphatic heterocycles. The van der Waals surface area contributed by atoms with Crippen LogP contribution < -0.4 is 0 Å². The molecular weight excluding hydrogens is 894 g/mol. The number of benzene rings is 5. The number of rotatable bonds is 19. The van der Waals surface area contributed by atoms with Crippen molar-refractivity contribution >= 4 is 41.5 Å². The van der Waals surface area contributed by atoms with Crippen molar-refractivity contribution in [1.29, 1.82) is 0 Å². The Hall–Kier alpha value is -7.42. The highest BCUT2D eigenvalue weighted by Gasteiger charge is 2.38. The zero-order valence-electron chi connectivity index (χ0n) is 38.3. The molecule has 362 valence electrons. The number of cyclic esters (lactones) is 2. The minimum atomic E-state index is -0.915. The molecule has 5 aromatic rings. The van der Waals surface area contributed by atoms with Gasteiger partial charge in [-0.05, 0) is 122 Å². The number of halogens is 3. The van der Waals surface area contributed by atoms with Crippen molar-refractivity contribution in [3.63, 3.8) is 0 Å². The molecule has 69 heavy (non-hydrogen) atoms. The van der Waals surface area contributed by atoms with E-state index in [1.807, 2.05) is 60.7 Å². The minimum Gasteiger partial charge on any atom is -0.481 e. The van der Waals surface area contributed by atoms with Gasteiger partial charge in [0.05, 0.1) is 12.1 Å². The second kappa shape index (κ2) is 26.8. The van der Waals surface area contributed by atoms with Gasteiger partial charge in [0.1, 0.15) is 30.7 Å². The number of hydrogen-bond acceptors (Lipinski definition) is 9. The third-order valence-corrected chi connectivity index (χ3v) is 11.5. The Morgan fingerprint density at radius 2 is 0.913 bits per heavy atom. The summed E-state index contributed by atoms with van der Waals surface area (Å²) in [7, 11) is 0. The van der Waals surface area contributed by atoms with Crippen molar-refractivity contribution in [1.82, 2.24) is 9.80 Å². The number of carbonyl (C=O) groups is 7. The second-order valence-electron chi connectivity index (χ2n) is 16.7. The van der Waals surface area contributed by atoms with E-state index >= 15 is 0 Å². The van der Waals surface area contributed by atoms with Crippen LogP contribution in [0, 0.1) is 17.5 Å². The smallest absolute Gasteiger partial charge is 0.416 e. The fourth-order valence-electron chi connectivity index (χ4n) is 7.72. The van der Waals surface area contributed by atoms with Crippen molar-refractivity contribution in [2.75, 3.05) is 13.2 Å². The SMILES string of the molecule is C[C@@H](CCCC(=O)N1C(=O)OC[C@@H]1Cc1ccccc1)c1ccc(F)cc1.O=C(CCCC(=O)N1C(=O)OC[C@@H]1Cc1ccccc1)c1ccc(F)cc1.O=C(O)CCCC(=O)c1ccc(F)cc1. The molecular formula is C54H55F3N2O10. The van der Waals surface area contributed by atoms with Gasteiger partial charge in [0.2, 0.25) is 11.8 Å². The van der Waals surface area contributed by atoms with Gasteiger partial charge in [-0.3, -0.25) is 24.0 Å². The summed E-state index contributed by atoms with van der Waals surface area (Å²) < 4.78 is 48.6. The Labute approximate surface area is 399 Å². The third kappa shape index (κ3) is 17.0. The molecule has 3 atom stereocenters. The molecule has 0 spiro atoms. The molecule has 4 amide bonds. The predicted octanol–water partition coefficient (Wildman–Crippen LogP) is 10.7. The number of carboxylic acids is 1. The molecule has 15 heteroatoms. The topological polar surface area (TPSA) is 165 Å². The van der Waals surface area contributed by atoms with E-state index in [0.717, 1.165) is 28.0 Å². The van der Waals surface area contributed by atoms with Crippen LogP contribution in [0.4, 0.5) is 22.8 Å². The highest BCUT2D eigenvalue weighted by Crippen LogP contribution is 2.25. The van der Waals surface area contributed by atoms with Crippen molar-refractivity contribution in [2.24, 2.45) is 0 Å². The number of carboxylic acid groups (broad SMARTS) is 1. The van der Waals surface area contributed by atoms with Crippen LogP contribution in [0.1, 0.15) is 108 Å². The summed E-state index contributed by atoms with van der Waals surface area (Å²) in [6, 6.07) is 35.8. The number of ketones is 2. The zero-order valence-corrected chi connectivity index (χ0v) is 38.3. The van der Waals surface area contributed by atoms with E-state index in [-0.39, 0.29) is 86.1 Å². The summed E-state index contributed by atoms with van der Waals surface area (Å²) in [5.41, 5.74) is 3.97. The summed E-state index contributed by atoms with van der Waals surface area (Å²) >= 11 is 0. The number of imide groups is 2. The molecule has 5 aromatic carbocycles. The number of aliphatic carboxylic acids is 1. The van der Waals surface area contributed by atoms with Crippen LogP contribution in [-0.2, 0) is 36.7 Å². The second-order valence-corrected chi connectivity index (χ2v) is 16.7. The summed E-state index contributed by atoms with van der Waals surface area (Å²) in [6.07, 6.45) is 2.73. The molecule has 2 heterocycles. The van der Waals surface area contributed by atoms with Crippen molar-refractivity contribution in [2.45, 2.75) is 95.6 Å². The molecule has 7 rings (SSSR count). The highest BCUT2D eigenvalue weighted by molar-refractivity contribution is 5.97. The van der Waals surface area contributed by atoms with Gasteiger partial charge in [-0.15, -0.1) is 0 Å². The van der Waals surface area contributed by atoms with E-state index in [1.165, 1.54) is 65.6 Å². The molecule has 2 fully saturated rings. The predicted molar refractivity (Wildman–Crippen MR) is 250 cm³/mol. The van der Waals surface area contributed by atoms with E-state index in [2.05, 4.69) is 6.92 Å². The van der Waals surface area contributed by atoms with Crippen LogP contribution in [0.25, 0.3) is 0 Å². The molecule has 2 aliphatic rings.